The van der Waals surface area contributed by atoms with Gasteiger partial charge in [0.2, 0.25) is 0 Å². The summed E-state index contributed by atoms with van der Waals surface area (Å²) in [7, 11) is -1.91. The Morgan fingerprint density at radius 2 is 1.86 bits per heavy atom. The van der Waals surface area contributed by atoms with E-state index in [1.54, 1.807) is 28.7 Å². The van der Waals surface area contributed by atoms with Gasteiger partial charge in [-0.1, -0.05) is 54.5 Å². The molecular formula is C29H47N7O5S+2. The van der Waals surface area contributed by atoms with Crippen LogP contribution in [-0.2, 0) is 24.1 Å². The van der Waals surface area contributed by atoms with Crippen molar-refractivity contribution in [3.63, 3.8) is 0 Å². The number of allylic oxidation sites excluding steroid dienone is 2. The molecule has 232 valence electrons. The quantitative estimate of drug-likeness (QED) is 0.174. The second-order valence-corrected chi connectivity index (χ2v) is 15.2. The summed E-state index contributed by atoms with van der Waals surface area (Å²) in [5.41, 5.74) is 13.0. The average molecular weight is 606 g/mol. The van der Waals surface area contributed by atoms with E-state index in [2.05, 4.69) is 41.6 Å². The molecule has 2 unspecified atom stereocenters. The first kappa shape index (κ1) is 33.0. The molecule has 12 nitrogen and oxygen atoms in total. The lowest BCUT2D eigenvalue weighted by molar-refractivity contribution is -0.701. The van der Waals surface area contributed by atoms with Gasteiger partial charge in [0.15, 0.2) is 23.5 Å². The Morgan fingerprint density at radius 1 is 1.21 bits per heavy atom. The number of nitrogens with zero attached hydrogens (tertiary/aromatic N) is 1. The van der Waals surface area contributed by atoms with Gasteiger partial charge < -0.3 is 21.1 Å². The van der Waals surface area contributed by atoms with Crippen LogP contribution < -0.4 is 37.1 Å². The van der Waals surface area contributed by atoms with Crippen molar-refractivity contribution in [2.45, 2.75) is 61.8 Å². The first-order valence-electron chi connectivity index (χ1n) is 13.7. The Labute approximate surface area is 249 Å². The first-order valence-corrected chi connectivity index (χ1v) is 15.7. The number of nitrogens with one attached hydrogen (secondary N) is 4. The molecule has 2 amide bonds. The van der Waals surface area contributed by atoms with E-state index in [0.29, 0.717) is 35.6 Å². The number of aryl methyl sites for hydroxylation is 1. The maximum atomic E-state index is 13.6. The van der Waals surface area contributed by atoms with Crippen molar-refractivity contribution in [1.29, 1.82) is 0 Å². The molecule has 9 N–H and O–H groups in total. The highest BCUT2D eigenvalue weighted by molar-refractivity contribution is 7.95. The van der Waals surface area contributed by atoms with Crippen molar-refractivity contribution in [2.75, 3.05) is 24.9 Å². The van der Waals surface area contributed by atoms with E-state index < -0.39 is 21.7 Å². The molecule has 13 heteroatoms. The number of methoxy groups -OCH3 is 1. The highest BCUT2D eigenvalue weighted by Crippen LogP contribution is 2.48. The summed E-state index contributed by atoms with van der Waals surface area (Å²) in [6.07, 6.45) is 3.50. The van der Waals surface area contributed by atoms with Gasteiger partial charge in [-0.2, -0.15) is 14.3 Å². The molecule has 1 aromatic carbocycles. The lowest BCUT2D eigenvalue weighted by Gasteiger charge is -2.43. The third-order valence-electron chi connectivity index (χ3n) is 7.60. The zero-order valence-corrected chi connectivity index (χ0v) is 27.1. The summed E-state index contributed by atoms with van der Waals surface area (Å²) < 4.78 is 30.6. The number of quaternary nitrogens is 1. The summed E-state index contributed by atoms with van der Waals surface area (Å²) in [5.74, 6) is -0.205. The number of rotatable bonds is 8. The monoisotopic (exact) mass is 605 g/mol. The van der Waals surface area contributed by atoms with Gasteiger partial charge in [-0.25, -0.2) is 5.43 Å². The maximum Gasteiger partial charge on any atom is 0.307 e. The van der Waals surface area contributed by atoms with Gasteiger partial charge >= 0.3 is 10.4 Å². The number of carbonyl (C=O) groups excluding carboxylic acids is 2. The summed E-state index contributed by atoms with van der Waals surface area (Å²) in [6, 6.07) is 5.21. The number of ether oxygens (including phenoxy) is 1. The molecule has 42 heavy (non-hydrogen) atoms. The normalized spacial score (nSPS) is 20.9. The highest BCUT2D eigenvalue weighted by Gasteiger charge is 2.43. The molecule has 2 atom stereocenters. The van der Waals surface area contributed by atoms with Gasteiger partial charge in [0.1, 0.15) is 11.4 Å². The third kappa shape index (κ3) is 7.44. The van der Waals surface area contributed by atoms with E-state index in [4.69, 9.17) is 10.5 Å². The van der Waals surface area contributed by atoms with E-state index in [1.807, 2.05) is 40.7 Å². The Hall–Kier alpha value is -3.55. The minimum absolute atomic E-state index is 0.0907. The van der Waals surface area contributed by atoms with Crippen LogP contribution in [0.25, 0.3) is 0 Å². The van der Waals surface area contributed by atoms with Crippen LogP contribution in [-0.4, -0.2) is 36.3 Å². The van der Waals surface area contributed by atoms with E-state index in [9.17, 15) is 18.4 Å². The summed E-state index contributed by atoms with van der Waals surface area (Å²) >= 11 is 0. The molecule has 0 fully saturated rings. The van der Waals surface area contributed by atoms with Crippen molar-refractivity contribution >= 4 is 27.9 Å². The lowest BCUT2D eigenvalue weighted by atomic mass is 9.63. The fourth-order valence-electron chi connectivity index (χ4n) is 4.57. The van der Waals surface area contributed by atoms with Crippen molar-refractivity contribution in [3.05, 3.63) is 64.1 Å². The van der Waals surface area contributed by atoms with E-state index >= 15 is 0 Å². The van der Waals surface area contributed by atoms with E-state index in [1.165, 1.54) is 13.4 Å². The minimum atomic E-state index is -3.37. The SMILES string of the molecule is COC1=C(NC(=O)c2ccc(C)c(N3[NH2+]NC(C(=O)NCC(C)(C)C)=C3N)c2)CC(C)(C(C)(C)C)C=C1N[S+](C)(=O)O. The molecule has 0 aromatic heterocycles. The number of anilines is 1. The molecular weight excluding hydrogens is 558 g/mol. The van der Waals surface area contributed by atoms with Gasteiger partial charge in [-0.3, -0.25) is 9.59 Å². The number of hydrogen-bond donors (Lipinski definition) is 7. The molecule has 0 bridgehead atoms. The van der Waals surface area contributed by atoms with Crippen LogP contribution in [0.5, 0.6) is 0 Å². The van der Waals surface area contributed by atoms with Gasteiger partial charge in [0.05, 0.1) is 12.8 Å². The second-order valence-electron chi connectivity index (χ2n) is 13.4. The van der Waals surface area contributed by atoms with Crippen molar-refractivity contribution in [2.24, 2.45) is 22.0 Å². The summed E-state index contributed by atoms with van der Waals surface area (Å²) in [4.78, 5) is 26.4. The van der Waals surface area contributed by atoms with Gasteiger partial charge in [0.25, 0.3) is 11.8 Å². The molecule has 2 aliphatic rings. The van der Waals surface area contributed by atoms with Crippen LogP contribution in [0.4, 0.5) is 5.69 Å². The average Bonchev–Trinajstić information content (AvgIpc) is 3.21. The van der Waals surface area contributed by atoms with Crippen LogP contribution in [0.1, 0.15) is 70.8 Å². The predicted octanol–water partition coefficient (Wildman–Crippen LogP) is 2.12. The molecule has 3 rings (SSSR count). The van der Waals surface area contributed by atoms with Crippen LogP contribution >= 0.6 is 0 Å². The Kier molecular flexibility index (Phi) is 9.11. The standard InChI is InChI=1S/C29H45N7O5S/c1-17-11-12-18(13-21(17)36-24(30)22(33-35-36)26(38)31-16-27(2,3)4)25(37)32-19-14-29(8,28(5,6)7)15-20(23(19)41-9)34-42(10,39)40/h11-13,15,33,35H,14,16H2,1-10H3,(H5-,30,31,32,34,37,38,39,40)/p+2. The van der Waals surface area contributed by atoms with Crippen molar-refractivity contribution < 1.29 is 28.6 Å². The number of nitrogens with two attached hydrogens (primary N) is 2. The van der Waals surface area contributed by atoms with E-state index in [0.717, 1.165) is 5.56 Å². The number of hydrogen-bond acceptors (Lipinski definition) is 7. The fraction of sp³-hybridized carbons (Fsp3) is 0.517. The Morgan fingerprint density at radius 3 is 2.40 bits per heavy atom. The second kappa shape index (κ2) is 11.6. The minimum Gasteiger partial charge on any atom is -0.493 e. The predicted molar refractivity (Wildman–Crippen MR) is 164 cm³/mol. The van der Waals surface area contributed by atoms with E-state index in [-0.39, 0.29) is 34.0 Å². The molecule has 0 saturated carbocycles. The topological polar surface area (TPSA) is 175 Å². The summed E-state index contributed by atoms with van der Waals surface area (Å²) in [5, 5.41) is 7.52. The molecule has 1 aliphatic heterocycles. The zero-order valence-electron chi connectivity index (χ0n) is 26.3. The lowest BCUT2D eigenvalue weighted by Crippen LogP contribution is -2.98. The molecule has 1 aromatic rings. The van der Waals surface area contributed by atoms with Gasteiger partial charge in [-0.15, -0.1) is 5.53 Å². The molecule has 1 heterocycles. The number of carbonyl (C=O) groups is 2. The van der Waals surface area contributed by atoms with Crippen LogP contribution in [0.2, 0.25) is 0 Å². The van der Waals surface area contributed by atoms with Gasteiger partial charge in [-0.05, 0) is 51.1 Å². The van der Waals surface area contributed by atoms with Crippen molar-refractivity contribution in [3.8, 4) is 0 Å². The molecule has 0 saturated heterocycles. The highest BCUT2D eigenvalue weighted by atomic mass is 32.3. The van der Waals surface area contributed by atoms with Crippen LogP contribution in [0, 0.1) is 23.2 Å². The Bertz CT molecular complexity index is 1400. The first-order chi connectivity index (χ1) is 19.2. The number of benzene rings is 1. The summed E-state index contributed by atoms with van der Waals surface area (Å²) in [6.45, 7) is 16.7. The maximum absolute atomic E-state index is 13.6. The molecule has 0 radical (unpaired) electrons. The van der Waals surface area contributed by atoms with Crippen LogP contribution in [0.15, 0.2) is 52.9 Å². The largest absolute Gasteiger partial charge is 0.493 e. The molecule has 1 aliphatic carbocycles. The van der Waals surface area contributed by atoms with Crippen LogP contribution in [0.3, 0.4) is 0 Å². The van der Waals surface area contributed by atoms with Gasteiger partial charge in [0, 0.05) is 18.5 Å². The third-order valence-corrected chi connectivity index (χ3v) is 8.20. The van der Waals surface area contributed by atoms with Crippen molar-refractivity contribution in [1.82, 2.24) is 20.8 Å². The zero-order chi connectivity index (χ0) is 31.8. The fourth-order valence-corrected chi connectivity index (χ4v) is 5.13. The Balaban J connectivity index is 1.94. The number of amides is 2. The molecule has 0 spiro atoms. The smallest absolute Gasteiger partial charge is 0.307 e.